The van der Waals surface area contributed by atoms with Gasteiger partial charge in [0.15, 0.2) is 5.76 Å². The van der Waals surface area contributed by atoms with Gasteiger partial charge in [-0.1, -0.05) is 54.2 Å². The van der Waals surface area contributed by atoms with Crippen LogP contribution >= 0.6 is 0 Å². The first kappa shape index (κ1) is 20.0. The van der Waals surface area contributed by atoms with Crippen LogP contribution in [0.2, 0.25) is 0 Å². The fourth-order valence-electron chi connectivity index (χ4n) is 2.74. The summed E-state index contributed by atoms with van der Waals surface area (Å²) in [5.74, 6) is 1.39. The van der Waals surface area contributed by atoms with Gasteiger partial charge in [0.2, 0.25) is 0 Å². The Morgan fingerprint density at radius 2 is 1.76 bits per heavy atom. The molecule has 1 heterocycles. The zero-order valence-corrected chi connectivity index (χ0v) is 16.5. The Morgan fingerprint density at radius 1 is 1.03 bits per heavy atom. The summed E-state index contributed by atoms with van der Waals surface area (Å²) in [4.78, 5) is 0. The SMILES string of the molecule is C=C(N)/C(=C\C=C(/C)N)c1cc(Cc2ccc(OCc3ccccc3)cc2)no1. The number of nitrogens with zero attached hydrogens (tertiary/aromatic N) is 1. The van der Waals surface area contributed by atoms with Gasteiger partial charge in [-0.25, -0.2) is 0 Å². The molecular formula is C24H25N3O2. The molecule has 0 radical (unpaired) electrons. The molecule has 29 heavy (non-hydrogen) atoms. The lowest BCUT2D eigenvalue weighted by Crippen LogP contribution is -1.98. The van der Waals surface area contributed by atoms with Gasteiger partial charge in [0, 0.05) is 29.5 Å². The van der Waals surface area contributed by atoms with Gasteiger partial charge in [-0.3, -0.25) is 0 Å². The van der Waals surface area contributed by atoms with E-state index in [1.54, 1.807) is 19.1 Å². The molecule has 0 aliphatic heterocycles. The van der Waals surface area contributed by atoms with Crippen LogP contribution in [0.4, 0.5) is 0 Å². The molecule has 4 N–H and O–H groups in total. The van der Waals surface area contributed by atoms with E-state index in [9.17, 15) is 0 Å². The Labute approximate surface area is 171 Å². The largest absolute Gasteiger partial charge is 0.489 e. The second kappa shape index (κ2) is 9.46. The van der Waals surface area contributed by atoms with E-state index in [0.29, 0.717) is 35.8 Å². The Bertz CT molecular complexity index is 1010. The Morgan fingerprint density at radius 3 is 2.41 bits per heavy atom. The average Bonchev–Trinajstić information content (AvgIpc) is 3.16. The van der Waals surface area contributed by atoms with Gasteiger partial charge in [-0.15, -0.1) is 0 Å². The first-order chi connectivity index (χ1) is 14.0. The number of hydrogen-bond acceptors (Lipinski definition) is 5. The number of allylic oxidation sites excluding steroid dienone is 4. The molecule has 0 bridgehead atoms. The van der Waals surface area contributed by atoms with Gasteiger partial charge in [-0.05, 0) is 42.3 Å². The average molecular weight is 387 g/mol. The van der Waals surface area contributed by atoms with E-state index < -0.39 is 0 Å². The molecule has 0 saturated carbocycles. The van der Waals surface area contributed by atoms with Gasteiger partial charge in [0.25, 0.3) is 0 Å². The number of rotatable bonds is 8. The molecule has 0 amide bonds. The molecule has 0 aliphatic carbocycles. The van der Waals surface area contributed by atoms with Gasteiger partial charge < -0.3 is 20.7 Å². The maximum absolute atomic E-state index is 5.87. The fourth-order valence-corrected chi connectivity index (χ4v) is 2.74. The fraction of sp³-hybridized carbons (Fsp3) is 0.125. The maximum atomic E-state index is 5.87. The molecule has 0 spiro atoms. The second-order valence-corrected chi connectivity index (χ2v) is 6.79. The zero-order valence-electron chi connectivity index (χ0n) is 16.5. The van der Waals surface area contributed by atoms with Gasteiger partial charge in [0.1, 0.15) is 12.4 Å². The number of hydrogen-bond donors (Lipinski definition) is 2. The number of aromatic nitrogens is 1. The minimum atomic E-state index is 0.394. The van der Waals surface area contributed by atoms with Crippen molar-refractivity contribution in [3.05, 3.63) is 113 Å². The van der Waals surface area contributed by atoms with E-state index >= 15 is 0 Å². The van der Waals surface area contributed by atoms with E-state index in [-0.39, 0.29) is 0 Å². The molecule has 2 aromatic carbocycles. The minimum Gasteiger partial charge on any atom is -0.489 e. The quantitative estimate of drug-likeness (QED) is 0.553. The van der Waals surface area contributed by atoms with Crippen LogP contribution in [0.1, 0.15) is 29.5 Å². The third kappa shape index (κ3) is 5.87. The van der Waals surface area contributed by atoms with Crippen molar-refractivity contribution in [2.75, 3.05) is 0 Å². The molecule has 5 nitrogen and oxygen atoms in total. The van der Waals surface area contributed by atoms with Crippen LogP contribution in [-0.4, -0.2) is 5.16 Å². The molecule has 5 heteroatoms. The van der Waals surface area contributed by atoms with Crippen molar-refractivity contribution in [3.8, 4) is 5.75 Å². The lowest BCUT2D eigenvalue weighted by Gasteiger charge is -2.07. The van der Waals surface area contributed by atoms with E-state index in [2.05, 4.69) is 11.7 Å². The Balaban J connectivity index is 1.64. The molecule has 3 rings (SSSR count). The Hall–Kier alpha value is -3.73. The summed E-state index contributed by atoms with van der Waals surface area (Å²) < 4.78 is 11.3. The molecule has 0 atom stereocenters. The van der Waals surface area contributed by atoms with E-state index in [0.717, 1.165) is 22.6 Å². The van der Waals surface area contributed by atoms with Crippen LogP contribution < -0.4 is 16.2 Å². The van der Waals surface area contributed by atoms with Crippen molar-refractivity contribution in [2.24, 2.45) is 11.5 Å². The van der Waals surface area contributed by atoms with Crippen LogP contribution in [0.25, 0.3) is 5.57 Å². The first-order valence-corrected chi connectivity index (χ1v) is 9.31. The van der Waals surface area contributed by atoms with Gasteiger partial charge in [0.05, 0.1) is 5.69 Å². The lowest BCUT2D eigenvalue weighted by molar-refractivity contribution is 0.306. The van der Waals surface area contributed by atoms with Crippen LogP contribution in [0.3, 0.4) is 0 Å². The third-order valence-electron chi connectivity index (χ3n) is 4.24. The summed E-state index contributed by atoms with van der Waals surface area (Å²) in [6, 6.07) is 19.9. The topological polar surface area (TPSA) is 87.3 Å². The van der Waals surface area contributed by atoms with Crippen LogP contribution in [0.15, 0.2) is 95.3 Å². The van der Waals surface area contributed by atoms with Crippen LogP contribution in [0, 0.1) is 0 Å². The second-order valence-electron chi connectivity index (χ2n) is 6.79. The summed E-state index contributed by atoms with van der Waals surface area (Å²) in [6.45, 7) is 6.13. The highest BCUT2D eigenvalue weighted by Gasteiger charge is 2.11. The minimum absolute atomic E-state index is 0.394. The summed E-state index contributed by atoms with van der Waals surface area (Å²) in [6.07, 6.45) is 4.17. The van der Waals surface area contributed by atoms with Crippen molar-refractivity contribution in [3.63, 3.8) is 0 Å². The molecule has 0 aliphatic rings. The van der Waals surface area contributed by atoms with Crippen molar-refractivity contribution in [2.45, 2.75) is 20.0 Å². The smallest absolute Gasteiger partial charge is 0.169 e. The molecule has 0 unspecified atom stereocenters. The molecule has 1 aromatic heterocycles. The summed E-state index contributed by atoms with van der Waals surface area (Å²) >= 11 is 0. The molecular weight excluding hydrogens is 362 g/mol. The summed E-state index contributed by atoms with van der Waals surface area (Å²) in [5.41, 5.74) is 16.3. The Kier molecular flexibility index (Phi) is 6.53. The normalized spacial score (nSPS) is 12.0. The monoisotopic (exact) mass is 387 g/mol. The maximum Gasteiger partial charge on any atom is 0.169 e. The molecule has 148 valence electrons. The van der Waals surface area contributed by atoms with Gasteiger partial charge >= 0.3 is 0 Å². The highest BCUT2D eigenvalue weighted by molar-refractivity contribution is 5.75. The standard InChI is InChI=1S/C24H25N3O2/c1-17(25)8-13-23(18(2)26)24-15-21(27-29-24)14-19-9-11-22(12-10-19)28-16-20-6-4-3-5-7-20/h3-13,15H,2,14,16,25-26H2,1H3/b17-8+,23-13+. The number of nitrogens with two attached hydrogens (primary N) is 2. The number of benzene rings is 2. The van der Waals surface area contributed by atoms with Crippen LogP contribution in [-0.2, 0) is 13.0 Å². The highest BCUT2D eigenvalue weighted by Crippen LogP contribution is 2.22. The zero-order chi connectivity index (χ0) is 20.6. The first-order valence-electron chi connectivity index (χ1n) is 9.31. The van der Waals surface area contributed by atoms with Crippen molar-refractivity contribution in [1.82, 2.24) is 5.16 Å². The van der Waals surface area contributed by atoms with Crippen molar-refractivity contribution >= 4 is 5.57 Å². The molecule has 3 aromatic rings. The predicted octanol–water partition coefficient (Wildman–Crippen LogP) is 4.56. The lowest BCUT2D eigenvalue weighted by atomic mass is 10.1. The number of ether oxygens (including phenoxy) is 1. The van der Waals surface area contributed by atoms with E-state index in [1.807, 2.05) is 60.7 Å². The predicted molar refractivity (Wildman–Crippen MR) is 116 cm³/mol. The van der Waals surface area contributed by atoms with Crippen molar-refractivity contribution < 1.29 is 9.26 Å². The van der Waals surface area contributed by atoms with E-state index in [4.69, 9.17) is 20.7 Å². The third-order valence-corrected chi connectivity index (χ3v) is 4.24. The molecule has 0 saturated heterocycles. The van der Waals surface area contributed by atoms with E-state index in [1.165, 1.54) is 0 Å². The summed E-state index contributed by atoms with van der Waals surface area (Å²) in [5, 5.41) is 4.14. The van der Waals surface area contributed by atoms with Crippen molar-refractivity contribution in [1.29, 1.82) is 0 Å². The summed E-state index contributed by atoms with van der Waals surface area (Å²) in [7, 11) is 0. The molecule has 0 fully saturated rings. The van der Waals surface area contributed by atoms with Gasteiger partial charge in [-0.2, -0.15) is 0 Å². The van der Waals surface area contributed by atoms with Crippen LogP contribution in [0.5, 0.6) is 5.75 Å². The highest BCUT2D eigenvalue weighted by atomic mass is 16.5.